The summed E-state index contributed by atoms with van der Waals surface area (Å²) in [5.41, 5.74) is 5.20. The number of nitrogens with two attached hydrogens (primary N) is 1. The van der Waals surface area contributed by atoms with E-state index in [-0.39, 0.29) is 24.6 Å². The van der Waals surface area contributed by atoms with E-state index in [0.717, 1.165) is 12.8 Å². The van der Waals surface area contributed by atoms with Crippen LogP contribution in [0.2, 0.25) is 0 Å². The number of benzene rings is 1. The van der Waals surface area contributed by atoms with Crippen LogP contribution in [0, 0.1) is 23.6 Å². The maximum atomic E-state index is 15.0. The van der Waals surface area contributed by atoms with Crippen LogP contribution in [0.3, 0.4) is 0 Å². The predicted octanol–water partition coefficient (Wildman–Crippen LogP) is 2.66. The molecule has 0 unspecified atom stereocenters. The number of hydrogen-bond donors (Lipinski definition) is 1. The van der Waals surface area contributed by atoms with Crippen molar-refractivity contribution in [1.82, 2.24) is 4.90 Å². The first kappa shape index (κ1) is 19.2. The van der Waals surface area contributed by atoms with Gasteiger partial charge in [-0.1, -0.05) is 13.8 Å². The Balaban J connectivity index is 1.76. The molecule has 7 heteroatoms. The quantitative estimate of drug-likeness (QED) is 0.840. The molecule has 1 aromatic rings. The number of ether oxygens (including phenoxy) is 2. The van der Waals surface area contributed by atoms with Crippen LogP contribution in [0.5, 0.6) is 5.75 Å². The molecule has 152 valence electrons. The first-order chi connectivity index (χ1) is 13.3. The zero-order valence-corrected chi connectivity index (χ0v) is 16.7. The molecule has 0 radical (unpaired) electrons. The zero-order valence-electron chi connectivity index (χ0n) is 16.7. The molecule has 3 atom stereocenters. The Labute approximate surface area is 164 Å². The third-order valence-corrected chi connectivity index (χ3v) is 5.98. The molecule has 28 heavy (non-hydrogen) atoms. The van der Waals surface area contributed by atoms with Gasteiger partial charge in [0, 0.05) is 12.6 Å². The summed E-state index contributed by atoms with van der Waals surface area (Å²) in [7, 11) is 1.62. The fourth-order valence-electron chi connectivity index (χ4n) is 4.18. The van der Waals surface area contributed by atoms with Gasteiger partial charge in [-0.25, -0.2) is 9.38 Å². The number of rotatable bonds is 5. The van der Waals surface area contributed by atoms with Gasteiger partial charge in [0.2, 0.25) is 5.91 Å². The van der Waals surface area contributed by atoms with E-state index >= 15 is 0 Å². The molecule has 1 aromatic carbocycles. The number of amides is 1. The predicted molar refractivity (Wildman–Crippen MR) is 103 cm³/mol. The molecular formula is C21H28FN3O3. The van der Waals surface area contributed by atoms with E-state index in [0.29, 0.717) is 36.2 Å². The van der Waals surface area contributed by atoms with Gasteiger partial charge in [0.1, 0.15) is 17.1 Å². The molecule has 0 bridgehead atoms. The summed E-state index contributed by atoms with van der Waals surface area (Å²) in [4.78, 5) is 19.1. The Morgan fingerprint density at radius 1 is 1.43 bits per heavy atom. The lowest BCUT2D eigenvalue weighted by atomic mass is 9.72. The first-order valence-corrected chi connectivity index (χ1v) is 9.99. The van der Waals surface area contributed by atoms with Crippen LogP contribution in [0.25, 0.3) is 0 Å². The monoisotopic (exact) mass is 389 g/mol. The molecule has 2 N–H and O–H groups in total. The van der Waals surface area contributed by atoms with Crippen molar-refractivity contribution in [1.29, 1.82) is 0 Å². The molecule has 1 amide bonds. The standard InChI is InChI=1S/C21H28FN3O3/c1-12(2)10-27-14-6-7-17(22)15(8-14)21-11-28-18(13-4-5-13)9-16(21)19(26)25(3)20(23)24-21/h6-8,12-13,16,18H,4-5,9-11H2,1-3H3,(H2,23,24)/t16-,18+,21+/m0/s1. The molecule has 3 aliphatic rings. The summed E-state index contributed by atoms with van der Waals surface area (Å²) in [6, 6.07) is 4.63. The SMILES string of the molecule is CC(C)COc1ccc(F)c([C@]23CO[C@@H](C4CC4)C[C@H]2C(=O)N(C)C(N)=N3)c1. The van der Waals surface area contributed by atoms with Crippen LogP contribution in [-0.2, 0) is 15.1 Å². The maximum absolute atomic E-state index is 15.0. The normalized spacial score (nSPS) is 30.2. The molecule has 2 fully saturated rings. The second kappa shape index (κ2) is 7.03. The third-order valence-electron chi connectivity index (χ3n) is 5.98. The van der Waals surface area contributed by atoms with Gasteiger partial charge in [-0.2, -0.15) is 0 Å². The van der Waals surface area contributed by atoms with E-state index in [1.807, 2.05) is 13.8 Å². The van der Waals surface area contributed by atoms with Crippen molar-refractivity contribution in [2.45, 2.75) is 44.8 Å². The van der Waals surface area contributed by atoms with E-state index in [2.05, 4.69) is 4.99 Å². The maximum Gasteiger partial charge on any atom is 0.235 e. The van der Waals surface area contributed by atoms with Crippen molar-refractivity contribution in [3.63, 3.8) is 0 Å². The number of fused-ring (bicyclic) bond motifs is 1. The van der Waals surface area contributed by atoms with Crippen LogP contribution < -0.4 is 10.5 Å². The van der Waals surface area contributed by atoms with Crippen LogP contribution in [-0.4, -0.2) is 43.1 Å². The first-order valence-electron chi connectivity index (χ1n) is 9.99. The van der Waals surface area contributed by atoms with Crippen molar-refractivity contribution < 1.29 is 18.7 Å². The van der Waals surface area contributed by atoms with Gasteiger partial charge in [-0.15, -0.1) is 0 Å². The largest absolute Gasteiger partial charge is 0.493 e. The van der Waals surface area contributed by atoms with Gasteiger partial charge in [0.05, 0.1) is 25.2 Å². The van der Waals surface area contributed by atoms with Crippen molar-refractivity contribution >= 4 is 11.9 Å². The Hall–Kier alpha value is -2.15. The lowest BCUT2D eigenvalue weighted by Gasteiger charge is -2.47. The number of nitrogens with zero attached hydrogens (tertiary/aromatic N) is 2. The molecule has 0 spiro atoms. The summed E-state index contributed by atoms with van der Waals surface area (Å²) in [5, 5.41) is 0. The summed E-state index contributed by atoms with van der Waals surface area (Å²) in [6.07, 6.45) is 2.79. The number of guanidine groups is 1. The molecule has 4 rings (SSSR count). The molecule has 1 aliphatic carbocycles. The highest BCUT2D eigenvalue weighted by atomic mass is 19.1. The van der Waals surface area contributed by atoms with Gasteiger partial charge in [0.15, 0.2) is 5.96 Å². The van der Waals surface area contributed by atoms with Crippen molar-refractivity contribution in [2.24, 2.45) is 28.5 Å². The highest BCUT2D eigenvalue weighted by Crippen LogP contribution is 2.49. The fraction of sp³-hybridized carbons (Fsp3) is 0.619. The van der Waals surface area contributed by atoms with Gasteiger partial charge in [0.25, 0.3) is 0 Å². The number of hydrogen-bond acceptors (Lipinski definition) is 5. The molecule has 2 aliphatic heterocycles. The topological polar surface area (TPSA) is 77.2 Å². The van der Waals surface area contributed by atoms with E-state index in [4.69, 9.17) is 15.2 Å². The molecule has 1 saturated carbocycles. The smallest absolute Gasteiger partial charge is 0.235 e. The minimum absolute atomic E-state index is 0.0217. The number of halogens is 1. The average Bonchev–Trinajstić information content (AvgIpc) is 3.50. The molecule has 6 nitrogen and oxygen atoms in total. The van der Waals surface area contributed by atoms with Gasteiger partial charge in [-0.3, -0.25) is 9.69 Å². The van der Waals surface area contributed by atoms with Crippen molar-refractivity contribution in [3.8, 4) is 5.75 Å². The zero-order chi connectivity index (χ0) is 20.1. The Morgan fingerprint density at radius 3 is 2.86 bits per heavy atom. The number of carbonyl (C=O) groups excluding carboxylic acids is 1. The van der Waals surface area contributed by atoms with Crippen molar-refractivity contribution in [2.75, 3.05) is 20.3 Å². The number of carbonyl (C=O) groups is 1. The Kier molecular flexibility index (Phi) is 4.81. The summed E-state index contributed by atoms with van der Waals surface area (Å²) in [6.45, 7) is 4.76. The summed E-state index contributed by atoms with van der Waals surface area (Å²) < 4.78 is 26.9. The second-order valence-corrected chi connectivity index (χ2v) is 8.61. The Morgan fingerprint density at radius 2 is 2.18 bits per heavy atom. The van der Waals surface area contributed by atoms with E-state index in [9.17, 15) is 9.18 Å². The van der Waals surface area contributed by atoms with Gasteiger partial charge >= 0.3 is 0 Å². The van der Waals surface area contributed by atoms with Crippen molar-refractivity contribution in [3.05, 3.63) is 29.6 Å². The number of aliphatic imine (C=N–C) groups is 1. The highest BCUT2D eigenvalue weighted by molar-refractivity contribution is 6.00. The summed E-state index contributed by atoms with van der Waals surface area (Å²) >= 11 is 0. The molecule has 2 heterocycles. The van der Waals surface area contributed by atoms with Crippen LogP contribution in [0.15, 0.2) is 23.2 Å². The average molecular weight is 389 g/mol. The minimum atomic E-state index is -1.15. The van der Waals surface area contributed by atoms with Crippen LogP contribution in [0.1, 0.15) is 38.7 Å². The second-order valence-electron chi connectivity index (χ2n) is 8.61. The van der Waals surface area contributed by atoms with Crippen LogP contribution in [0.4, 0.5) is 4.39 Å². The van der Waals surface area contributed by atoms with Gasteiger partial charge in [-0.05, 0) is 49.3 Å². The summed E-state index contributed by atoms with van der Waals surface area (Å²) in [5.74, 6) is 0.420. The fourth-order valence-corrected chi connectivity index (χ4v) is 4.18. The Bertz CT molecular complexity index is 808. The van der Waals surface area contributed by atoms with E-state index < -0.39 is 17.3 Å². The highest BCUT2D eigenvalue weighted by Gasteiger charge is 2.56. The van der Waals surface area contributed by atoms with E-state index in [1.165, 1.54) is 11.0 Å². The lowest BCUT2D eigenvalue weighted by Crippen LogP contribution is -2.60. The molecule has 1 saturated heterocycles. The molecular weight excluding hydrogens is 361 g/mol. The minimum Gasteiger partial charge on any atom is -0.493 e. The lowest BCUT2D eigenvalue weighted by molar-refractivity contribution is -0.146. The van der Waals surface area contributed by atoms with E-state index in [1.54, 1.807) is 19.2 Å². The third kappa shape index (κ3) is 3.26. The van der Waals surface area contributed by atoms with Gasteiger partial charge < -0.3 is 15.2 Å². The molecule has 0 aromatic heterocycles. The van der Waals surface area contributed by atoms with Crippen LogP contribution >= 0.6 is 0 Å².